The van der Waals surface area contributed by atoms with Gasteiger partial charge in [0.15, 0.2) is 5.96 Å². The van der Waals surface area contributed by atoms with Crippen LogP contribution in [0.15, 0.2) is 29.3 Å². The van der Waals surface area contributed by atoms with Crippen LogP contribution in [-0.4, -0.2) is 60.0 Å². The molecule has 0 spiro atoms. The van der Waals surface area contributed by atoms with Crippen molar-refractivity contribution < 1.29 is 4.79 Å². The predicted molar refractivity (Wildman–Crippen MR) is 133 cm³/mol. The lowest BCUT2D eigenvalue weighted by atomic mass is 9.85. The van der Waals surface area contributed by atoms with Crippen LogP contribution in [0.4, 0.5) is 0 Å². The van der Waals surface area contributed by atoms with Crippen LogP contribution < -0.4 is 10.6 Å². The molecule has 1 aliphatic carbocycles. The molecule has 2 aromatic rings. The summed E-state index contributed by atoms with van der Waals surface area (Å²) in [6.07, 6.45) is 4.05. The number of benzene rings is 1. The van der Waals surface area contributed by atoms with Crippen molar-refractivity contribution in [2.45, 2.75) is 46.1 Å². The average Bonchev–Trinajstić information content (AvgIpc) is 3.31. The molecule has 8 heteroatoms. The third kappa shape index (κ3) is 5.44. The number of nitrogens with one attached hydrogen (secondary N) is 2. The minimum atomic E-state index is -0.344. The fraction of sp³-hybridized carbons (Fsp3) is 0.591. The van der Waals surface area contributed by atoms with Gasteiger partial charge >= 0.3 is 0 Å². The number of hydrogen-bond donors (Lipinski definition) is 2. The van der Waals surface area contributed by atoms with Crippen molar-refractivity contribution >= 4 is 46.9 Å². The highest BCUT2D eigenvalue weighted by Crippen LogP contribution is 2.39. The van der Waals surface area contributed by atoms with Crippen LogP contribution >= 0.6 is 24.0 Å². The summed E-state index contributed by atoms with van der Waals surface area (Å²) < 4.78 is 2.22. The zero-order valence-electron chi connectivity index (χ0n) is 18.6. The number of fused-ring (bicyclic) bond motifs is 1. The second kappa shape index (κ2) is 11.0. The summed E-state index contributed by atoms with van der Waals surface area (Å²) in [5, 5.41) is 6.74. The summed E-state index contributed by atoms with van der Waals surface area (Å²) in [7, 11) is 3.68. The molecule has 1 aliphatic rings. The molecule has 0 unspecified atom stereocenters. The van der Waals surface area contributed by atoms with Gasteiger partial charge in [0.1, 0.15) is 5.82 Å². The number of imidazole rings is 1. The number of para-hydroxylation sites is 2. The van der Waals surface area contributed by atoms with E-state index in [1.807, 2.05) is 39.2 Å². The number of carbonyl (C=O) groups is 1. The van der Waals surface area contributed by atoms with Gasteiger partial charge in [-0.15, -0.1) is 24.0 Å². The Balaban J connectivity index is 0.00000320. The van der Waals surface area contributed by atoms with Gasteiger partial charge in [-0.1, -0.05) is 25.0 Å². The van der Waals surface area contributed by atoms with E-state index in [0.717, 1.165) is 68.1 Å². The number of carbonyl (C=O) groups excluding carboxylic acids is 1. The molecule has 1 aromatic heterocycles. The minimum absolute atomic E-state index is 0. The molecule has 3 rings (SSSR count). The second-order valence-electron chi connectivity index (χ2n) is 8.11. The van der Waals surface area contributed by atoms with E-state index >= 15 is 0 Å². The molecule has 7 nitrogen and oxygen atoms in total. The molecule has 0 radical (unpaired) electrons. The number of halogens is 1. The highest BCUT2D eigenvalue weighted by molar-refractivity contribution is 14.0. The van der Waals surface area contributed by atoms with E-state index in [9.17, 15) is 4.79 Å². The summed E-state index contributed by atoms with van der Waals surface area (Å²) in [6.45, 7) is 6.96. The standard InChI is InChI=1S/C22H34N6O.HI/c1-5-23-21(25-16-22(12-8-9-13-22)20(29)27(3)4)24-14-15-28-17(2)26-18-10-6-7-11-19(18)28;/h6-7,10-11H,5,8-9,12-16H2,1-4H3,(H2,23,24,25);1H. The number of guanidine groups is 1. The van der Waals surface area contributed by atoms with Crippen LogP contribution in [0.25, 0.3) is 11.0 Å². The molecule has 1 amide bonds. The number of rotatable bonds is 7. The van der Waals surface area contributed by atoms with Crippen molar-refractivity contribution in [1.82, 2.24) is 25.1 Å². The molecule has 0 aliphatic heterocycles. The van der Waals surface area contributed by atoms with Gasteiger partial charge in [-0.2, -0.15) is 0 Å². The SMILES string of the molecule is CCNC(=NCC1(C(=O)N(C)C)CCCC1)NCCn1c(C)nc2ccccc21.I. The molecule has 1 saturated carbocycles. The highest BCUT2D eigenvalue weighted by atomic mass is 127. The fourth-order valence-corrected chi connectivity index (χ4v) is 4.30. The number of aromatic nitrogens is 2. The molecule has 1 fully saturated rings. The third-order valence-electron chi connectivity index (χ3n) is 5.78. The minimum Gasteiger partial charge on any atom is -0.357 e. The van der Waals surface area contributed by atoms with Crippen molar-refractivity contribution in [2.75, 3.05) is 33.7 Å². The van der Waals surface area contributed by atoms with Crippen LogP contribution in [0.2, 0.25) is 0 Å². The maximum atomic E-state index is 12.8. The summed E-state index contributed by atoms with van der Waals surface area (Å²) >= 11 is 0. The molecule has 0 saturated heterocycles. The first-order valence-corrected chi connectivity index (χ1v) is 10.6. The molecule has 0 atom stereocenters. The number of hydrogen-bond acceptors (Lipinski definition) is 3. The molecule has 2 N–H and O–H groups in total. The van der Waals surface area contributed by atoms with Crippen LogP contribution in [0.5, 0.6) is 0 Å². The Morgan fingerprint density at radius 2 is 1.93 bits per heavy atom. The number of nitrogens with zero attached hydrogens (tertiary/aromatic N) is 4. The van der Waals surface area contributed by atoms with Gasteiger partial charge in [0.25, 0.3) is 0 Å². The Hall–Kier alpha value is -1.84. The lowest BCUT2D eigenvalue weighted by Gasteiger charge is -2.29. The molecule has 1 heterocycles. The van der Waals surface area contributed by atoms with Crippen molar-refractivity contribution in [2.24, 2.45) is 10.4 Å². The van der Waals surface area contributed by atoms with Crippen molar-refractivity contribution in [3.63, 3.8) is 0 Å². The summed E-state index contributed by atoms with van der Waals surface area (Å²) in [5.74, 6) is 1.99. The third-order valence-corrected chi connectivity index (χ3v) is 5.78. The van der Waals surface area contributed by atoms with Gasteiger partial charge in [-0.25, -0.2) is 4.98 Å². The van der Waals surface area contributed by atoms with Gasteiger partial charge in [-0.3, -0.25) is 9.79 Å². The molecule has 30 heavy (non-hydrogen) atoms. The Kier molecular flexibility index (Phi) is 8.93. The maximum absolute atomic E-state index is 12.8. The summed E-state index contributed by atoms with van der Waals surface area (Å²) in [4.78, 5) is 23.9. The molecule has 1 aromatic carbocycles. The zero-order chi connectivity index (χ0) is 20.9. The summed E-state index contributed by atoms with van der Waals surface area (Å²) in [5.41, 5.74) is 1.83. The van der Waals surface area contributed by atoms with Gasteiger partial charge in [-0.05, 0) is 38.8 Å². The topological polar surface area (TPSA) is 74.6 Å². The smallest absolute Gasteiger partial charge is 0.230 e. The first-order valence-electron chi connectivity index (χ1n) is 10.6. The Morgan fingerprint density at radius 1 is 1.23 bits per heavy atom. The lowest BCUT2D eigenvalue weighted by Crippen LogP contribution is -2.43. The normalized spacial score (nSPS) is 15.7. The first kappa shape index (κ1) is 24.4. The van der Waals surface area contributed by atoms with E-state index in [4.69, 9.17) is 4.99 Å². The van der Waals surface area contributed by atoms with Crippen molar-refractivity contribution in [1.29, 1.82) is 0 Å². The van der Waals surface area contributed by atoms with Crippen LogP contribution in [0.1, 0.15) is 38.4 Å². The number of aliphatic imine (C=N–C) groups is 1. The highest BCUT2D eigenvalue weighted by Gasteiger charge is 2.42. The van der Waals surface area contributed by atoms with Crippen molar-refractivity contribution in [3.05, 3.63) is 30.1 Å². The number of amides is 1. The Morgan fingerprint density at radius 3 is 2.60 bits per heavy atom. The van der Waals surface area contributed by atoms with Crippen molar-refractivity contribution in [3.8, 4) is 0 Å². The Labute approximate surface area is 196 Å². The van der Waals surface area contributed by atoms with E-state index < -0.39 is 0 Å². The van der Waals surface area contributed by atoms with Crippen LogP contribution in [0, 0.1) is 12.3 Å². The van der Waals surface area contributed by atoms with E-state index in [-0.39, 0.29) is 35.3 Å². The lowest BCUT2D eigenvalue weighted by molar-refractivity contribution is -0.138. The van der Waals surface area contributed by atoms with E-state index in [2.05, 4.69) is 33.2 Å². The van der Waals surface area contributed by atoms with Gasteiger partial charge < -0.3 is 20.1 Å². The van der Waals surface area contributed by atoms with Crippen LogP contribution in [0.3, 0.4) is 0 Å². The first-order chi connectivity index (χ1) is 14.0. The maximum Gasteiger partial charge on any atom is 0.230 e. The summed E-state index contributed by atoms with van der Waals surface area (Å²) in [6, 6.07) is 8.20. The number of aryl methyl sites for hydroxylation is 1. The molecule has 166 valence electrons. The molecule has 0 bridgehead atoms. The fourth-order valence-electron chi connectivity index (χ4n) is 4.30. The predicted octanol–water partition coefficient (Wildman–Crippen LogP) is 3.17. The van der Waals surface area contributed by atoms with Crippen LogP contribution in [-0.2, 0) is 11.3 Å². The average molecular weight is 526 g/mol. The largest absolute Gasteiger partial charge is 0.357 e. The Bertz CT molecular complexity index is 870. The van der Waals surface area contributed by atoms with E-state index in [1.54, 1.807) is 4.90 Å². The van der Waals surface area contributed by atoms with Gasteiger partial charge in [0, 0.05) is 33.7 Å². The monoisotopic (exact) mass is 526 g/mol. The molecular weight excluding hydrogens is 491 g/mol. The van der Waals surface area contributed by atoms with Gasteiger partial charge in [0.2, 0.25) is 5.91 Å². The van der Waals surface area contributed by atoms with E-state index in [1.165, 1.54) is 0 Å². The van der Waals surface area contributed by atoms with E-state index in [0.29, 0.717) is 6.54 Å². The van der Waals surface area contributed by atoms with Gasteiger partial charge in [0.05, 0.1) is 23.0 Å². The molecular formula is C22H35IN6O. The second-order valence-corrected chi connectivity index (χ2v) is 8.11. The zero-order valence-corrected chi connectivity index (χ0v) is 20.9. The quantitative estimate of drug-likeness (QED) is 0.330.